The zero-order valence-electron chi connectivity index (χ0n) is 36.9. The summed E-state index contributed by atoms with van der Waals surface area (Å²) >= 11 is 0. The van der Waals surface area contributed by atoms with E-state index in [1.807, 2.05) is 67.2 Å². The molecule has 2 atom stereocenters. The maximum absolute atomic E-state index is 13.2. The Bertz CT molecular complexity index is 1030. The summed E-state index contributed by atoms with van der Waals surface area (Å²) in [4.78, 5) is 56.8. The average Bonchev–Trinajstić information content (AvgIpc) is 3.54. The second-order valence-electron chi connectivity index (χ2n) is 13.9. The summed E-state index contributed by atoms with van der Waals surface area (Å²) < 4.78 is 26.4. The van der Waals surface area contributed by atoms with Crippen molar-refractivity contribution >= 4 is 40.6 Å². The number of likely N-dealkylation sites (tertiary alicyclic amines) is 1. The predicted molar refractivity (Wildman–Crippen MR) is 222 cm³/mol. The van der Waals surface area contributed by atoms with Crippen LogP contribution in [0.5, 0.6) is 0 Å². The third-order valence-corrected chi connectivity index (χ3v) is 9.68. The highest BCUT2D eigenvalue weighted by atomic mass is 32.2. The van der Waals surface area contributed by atoms with Gasteiger partial charge in [0.2, 0.25) is 28.8 Å². The number of hydrogen-bond donors (Lipinski definition) is 4. The summed E-state index contributed by atoms with van der Waals surface area (Å²) in [5.41, 5.74) is -1.27. The first-order valence-electron chi connectivity index (χ1n) is 19.9. The van der Waals surface area contributed by atoms with Crippen LogP contribution in [0.3, 0.4) is 0 Å². The van der Waals surface area contributed by atoms with Crippen LogP contribution < -0.4 is 21.3 Å². The van der Waals surface area contributed by atoms with Crippen molar-refractivity contribution in [3.8, 4) is 0 Å². The molecule has 14 heteroatoms. The number of hydrogen-bond acceptors (Lipinski definition) is 7. The Morgan fingerprint density at radius 1 is 0.868 bits per heavy atom. The van der Waals surface area contributed by atoms with E-state index in [-0.39, 0.29) is 30.0 Å². The number of nitrogens with zero attached hydrogens (tertiary/aromatic N) is 2. The van der Waals surface area contributed by atoms with E-state index < -0.39 is 33.1 Å². The zero-order chi connectivity index (χ0) is 42.7. The first kappa shape index (κ1) is 59.5. The van der Waals surface area contributed by atoms with Gasteiger partial charge in [-0.15, -0.1) is 0 Å². The minimum atomic E-state index is -3.48. The molecule has 13 nitrogen and oxygen atoms in total. The molecular formula is C39H84N6O7S. The minimum absolute atomic E-state index is 0.0351. The third kappa shape index (κ3) is 31.3. The SMILES string of the molecule is CC.CC.CC(=O)CNC=O.CC1CCCN1C(=O)C(NC(=O)NC1(CS(=O)(=O)N(C)C)CCCCC1)C(C)(C)C.CCC.CCCC.CCNC=O. The van der Waals surface area contributed by atoms with E-state index in [1.165, 1.54) is 44.6 Å². The van der Waals surface area contributed by atoms with Gasteiger partial charge in [0, 0.05) is 33.2 Å². The Hall–Kier alpha value is -2.74. The lowest BCUT2D eigenvalue weighted by Gasteiger charge is -2.40. The van der Waals surface area contributed by atoms with Gasteiger partial charge in [0.05, 0.1) is 17.8 Å². The van der Waals surface area contributed by atoms with Gasteiger partial charge in [0.15, 0.2) is 0 Å². The van der Waals surface area contributed by atoms with E-state index in [0.717, 1.165) is 38.6 Å². The molecule has 2 fully saturated rings. The van der Waals surface area contributed by atoms with Crippen LogP contribution in [0.4, 0.5) is 4.79 Å². The molecule has 5 amide bonds. The lowest BCUT2D eigenvalue weighted by molar-refractivity contribution is -0.136. The van der Waals surface area contributed by atoms with E-state index in [4.69, 9.17) is 0 Å². The van der Waals surface area contributed by atoms with Crippen LogP contribution in [0.2, 0.25) is 0 Å². The van der Waals surface area contributed by atoms with Crippen molar-refractivity contribution in [2.75, 3.05) is 39.5 Å². The van der Waals surface area contributed by atoms with Crippen molar-refractivity contribution in [3.05, 3.63) is 0 Å². The van der Waals surface area contributed by atoms with Crippen molar-refractivity contribution < 1.29 is 32.4 Å². The molecule has 1 saturated carbocycles. The molecule has 0 aromatic rings. The summed E-state index contributed by atoms with van der Waals surface area (Å²) in [6.45, 7) is 29.3. The Kier molecular flexibility index (Phi) is 40.7. The number of urea groups is 1. The first-order valence-corrected chi connectivity index (χ1v) is 21.5. The summed E-state index contributed by atoms with van der Waals surface area (Å²) in [7, 11) is -0.457. The molecule has 0 aromatic carbocycles. The highest BCUT2D eigenvalue weighted by Crippen LogP contribution is 2.31. The van der Waals surface area contributed by atoms with Crippen molar-refractivity contribution in [1.82, 2.24) is 30.5 Å². The van der Waals surface area contributed by atoms with Gasteiger partial charge in [0.25, 0.3) is 0 Å². The molecule has 53 heavy (non-hydrogen) atoms. The van der Waals surface area contributed by atoms with Crippen molar-refractivity contribution in [3.63, 3.8) is 0 Å². The molecule has 0 spiro atoms. The molecule has 2 aliphatic rings. The molecule has 318 valence electrons. The van der Waals surface area contributed by atoms with Gasteiger partial charge in [-0.1, -0.05) is 115 Å². The van der Waals surface area contributed by atoms with Gasteiger partial charge in [-0.05, 0) is 51.9 Å². The van der Waals surface area contributed by atoms with Gasteiger partial charge in [-0.2, -0.15) is 0 Å². The number of ketones is 1. The molecule has 1 aliphatic heterocycles. The second kappa shape index (κ2) is 36.2. The van der Waals surface area contributed by atoms with Crippen molar-refractivity contribution in [1.29, 1.82) is 0 Å². The van der Waals surface area contributed by atoms with Gasteiger partial charge >= 0.3 is 6.03 Å². The van der Waals surface area contributed by atoms with E-state index >= 15 is 0 Å². The third-order valence-electron chi connectivity index (χ3n) is 7.65. The van der Waals surface area contributed by atoms with Crippen LogP contribution in [0.25, 0.3) is 0 Å². The summed E-state index contributed by atoms with van der Waals surface area (Å²) in [5, 5.41) is 10.5. The number of Topliss-reactive ketones (excluding diaryl/α,β-unsaturated/α-hetero) is 1. The largest absolute Gasteiger partial charge is 0.359 e. The first-order chi connectivity index (χ1) is 24.8. The molecule has 1 saturated heterocycles. The fourth-order valence-corrected chi connectivity index (χ4v) is 6.08. The lowest BCUT2D eigenvalue weighted by Crippen LogP contribution is -2.62. The van der Waals surface area contributed by atoms with Crippen molar-refractivity contribution in [2.24, 2.45) is 5.41 Å². The number of rotatable bonds is 12. The Morgan fingerprint density at radius 2 is 1.34 bits per heavy atom. The van der Waals surface area contributed by atoms with E-state index in [9.17, 15) is 32.4 Å². The molecule has 2 rings (SSSR count). The summed E-state index contributed by atoms with van der Waals surface area (Å²) in [6.07, 6.45) is 11.0. The molecule has 0 aromatic heterocycles. The Labute approximate surface area is 326 Å². The second-order valence-corrected chi connectivity index (χ2v) is 16.1. The van der Waals surface area contributed by atoms with E-state index in [1.54, 1.807) is 0 Å². The van der Waals surface area contributed by atoms with Crippen LogP contribution >= 0.6 is 0 Å². The number of nitrogens with one attached hydrogen (secondary N) is 4. The standard InChI is InChI=1S/C21H40N4O4S.C4H7NO2.C4H10.C3H7NO.C3H8.2C2H6/c1-16-11-10-14-25(16)18(26)17(20(2,3)4)22-19(27)23-21(12-8-7-9-13-21)15-30(28,29)24(5)6;1-4(7)2-5-3-6;1-3-4-2;1-2-4-3-5;1-3-2;2*1-2/h16-17H,7-15H2,1-6H3,(H2,22,23,27);3H,2H2,1H3,(H,5,6);3-4H2,1-2H3;3H,2H2,1H3,(H,4,5);3H2,1-2H3;2*1-2H3. The molecule has 2 unspecified atom stereocenters. The maximum Gasteiger partial charge on any atom is 0.315 e. The number of amides is 5. The molecule has 1 heterocycles. The Balaban J connectivity index is -0.000000272. The van der Waals surface area contributed by atoms with Gasteiger partial charge in [-0.25, -0.2) is 17.5 Å². The highest BCUT2D eigenvalue weighted by molar-refractivity contribution is 7.89. The predicted octanol–water partition coefficient (Wildman–Crippen LogP) is 6.65. The minimum Gasteiger partial charge on any atom is -0.359 e. The summed E-state index contributed by atoms with van der Waals surface area (Å²) in [5.74, 6) is -0.231. The normalized spacial score (nSPS) is 15.9. The van der Waals surface area contributed by atoms with E-state index in [0.29, 0.717) is 32.2 Å². The molecular weight excluding hydrogens is 697 g/mol. The quantitative estimate of drug-likeness (QED) is 0.160. The molecule has 4 N–H and O–H groups in total. The van der Waals surface area contributed by atoms with Crippen LogP contribution in [-0.4, -0.2) is 105 Å². The van der Waals surface area contributed by atoms with Gasteiger partial charge in [-0.3, -0.25) is 19.2 Å². The molecule has 1 aliphatic carbocycles. The smallest absolute Gasteiger partial charge is 0.315 e. The Morgan fingerprint density at radius 3 is 1.62 bits per heavy atom. The molecule has 0 bridgehead atoms. The number of sulfonamides is 1. The zero-order valence-corrected chi connectivity index (χ0v) is 37.7. The lowest BCUT2D eigenvalue weighted by atomic mass is 9.83. The van der Waals surface area contributed by atoms with Gasteiger partial charge < -0.3 is 26.2 Å². The monoisotopic (exact) mass is 781 g/mol. The number of carbonyl (C=O) groups excluding carboxylic acids is 5. The number of carbonyl (C=O) groups is 5. The van der Waals surface area contributed by atoms with Crippen LogP contribution in [0.1, 0.15) is 161 Å². The van der Waals surface area contributed by atoms with Crippen LogP contribution in [-0.2, 0) is 29.2 Å². The van der Waals surface area contributed by atoms with Crippen LogP contribution in [0, 0.1) is 5.41 Å². The highest BCUT2D eigenvalue weighted by Gasteiger charge is 2.42. The number of unbranched alkanes of at least 4 members (excludes halogenated alkanes) is 1. The molecule has 0 radical (unpaired) electrons. The average molecular weight is 781 g/mol. The summed E-state index contributed by atoms with van der Waals surface area (Å²) in [6, 6.07) is -0.975. The van der Waals surface area contributed by atoms with Crippen molar-refractivity contribution in [2.45, 2.75) is 179 Å². The fourth-order valence-electron chi connectivity index (χ4n) is 4.76. The topological polar surface area (TPSA) is 174 Å². The fraction of sp³-hybridized carbons (Fsp3) is 0.872. The maximum atomic E-state index is 13.2. The van der Waals surface area contributed by atoms with Gasteiger partial charge in [0.1, 0.15) is 11.8 Å². The van der Waals surface area contributed by atoms with Crippen LogP contribution in [0.15, 0.2) is 0 Å². The van der Waals surface area contributed by atoms with E-state index in [2.05, 4.69) is 49.0 Å².